The molecule has 0 aliphatic rings. The van der Waals surface area contributed by atoms with Crippen LogP contribution in [0.2, 0.25) is 0 Å². The van der Waals surface area contributed by atoms with Gasteiger partial charge in [0.25, 0.3) is 0 Å². The number of rotatable bonds is 8. The summed E-state index contributed by atoms with van der Waals surface area (Å²) in [5.74, 6) is 0.322. The van der Waals surface area contributed by atoms with Crippen molar-refractivity contribution in [1.29, 1.82) is 5.26 Å². The molecule has 5 heterocycles. The molecule has 12 heteroatoms. The molecule has 0 fully saturated rings. The Hall–Kier alpha value is -11.9. The molecule has 0 unspecified atom stereocenters. The number of para-hydroxylation sites is 2. The molecular formula is C80H46F6N6. The molecular weight excluding hydrogens is 1160 g/mol. The van der Waals surface area contributed by atoms with Gasteiger partial charge in [0.05, 0.1) is 55.3 Å². The fourth-order valence-electron chi connectivity index (χ4n) is 13.9. The topological polar surface area (TPSA) is 56.4 Å². The molecule has 0 amide bonds. The molecule has 92 heavy (non-hydrogen) atoms. The first-order valence-corrected chi connectivity index (χ1v) is 30.0. The lowest BCUT2D eigenvalue weighted by Gasteiger charge is -2.24. The zero-order chi connectivity index (χ0) is 62.1. The highest BCUT2D eigenvalue weighted by Crippen LogP contribution is 2.48. The van der Waals surface area contributed by atoms with Crippen LogP contribution in [-0.4, -0.2) is 23.3 Å². The summed E-state index contributed by atoms with van der Waals surface area (Å²) >= 11 is 0. The predicted octanol–water partition coefficient (Wildman–Crippen LogP) is 22.0. The van der Waals surface area contributed by atoms with Crippen LogP contribution in [0.5, 0.6) is 0 Å². The standard InChI is InChI=1S/C80H46F6N6/c81-79(82,83)56-33-35-60-58-25-13-15-27-67(58)89(73(60)45-56)75-66(47-87)76(90-68-28-16-14-26-59(68)61-36-34-57(46-74(61)90)80(84,85)86)78(92-71-39-31-54(50-21-9-3-10-22-50)43-64(71)65-44-55(32-40-72(65)92)51-23-11-4-12-24-51)88-77(75)91-69-37-29-52(48-17-5-1-6-18-48)41-62(69)63-42-53(30-38-70(63)91)49-19-7-2-8-20-49/h1-46H. The second kappa shape index (κ2) is 20.6. The van der Waals surface area contributed by atoms with Gasteiger partial charge in [-0.25, -0.2) is 4.98 Å². The largest absolute Gasteiger partial charge is 0.416 e. The van der Waals surface area contributed by atoms with Crippen molar-refractivity contribution in [2.75, 3.05) is 0 Å². The quantitative estimate of drug-likeness (QED) is 0.142. The highest BCUT2D eigenvalue weighted by molar-refractivity contribution is 6.16. The van der Waals surface area contributed by atoms with Crippen LogP contribution in [0.25, 0.3) is 155 Å². The third-order valence-electron chi connectivity index (χ3n) is 18.1. The molecule has 5 aromatic heterocycles. The van der Waals surface area contributed by atoms with Gasteiger partial charge < -0.3 is 9.13 Å². The summed E-state index contributed by atoms with van der Waals surface area (Å²) in [6, 6.07) is 89.2. The minimum atomic E-state index is -4.79. The van der Waals surface area contributed by atoms with Gasteiger partial charge in [0.15, 0.2) is 11.6 Å². The first-order chi connectivity index (χ1) is 44.9. The van der Waals surface area contributed by atoms with E-state index in [0.29, 0.717) is 54.6 Å². The number of hydrogen-bond donors (Lipinski definition) is 0. The fourth-order valence-corrected chi connectivity index (χ4v) is 13.9. The molecule has 0 aliphatic heterocycles. The average Bonchev–Trinajstić information content (AvgIpc) is 1.51. The van der Waals surface area contributed by atoms with Gasteiger partial charge in [-0.05, 0) is 129 Å². The molecule has 0 spiro atoms. The third-order valence-corrected chi connectivity index (χ3v) is 18.1. The Morgan fingerprint density at radius 3 is 0.848 bits per heavy atom. The zero-order valence-corrected chi connectivity index (χ0v) is 48.5. The molecule has 438 valence electrons. The van der Waals surface area contributed by atoms with Crippen LogP contribution in [0, 0.1) is 11.3 Å². The molecule has 0 bridgehead atoms. The lowest BCUT2D eigenvalue weighted by molar-refractivity contribution is -0.138. The molecule has 17 aromatic rings. The Bertz CT molecular complexity index is 5360. The number of alkyl halides is 6. The van der Waals surface area contributed by atoms with Gasteiger partial charge in [0.2, 0.25) is 0 Å². The molecule has 12 aromatic carbocycles. The predicted molar refractivity (Wildman–Crippen MR) is 358 cm³/mol. The summed E-state index contributed by atoms with van der Waals surface area (Å²) in [5, 5.41) is 18.2. The normalized spacial score (nSPS) is 12.2. The highest BCUT2D eigenvalue weighted by atomic mass is 19.4. The summed E-state index contributed by atoms with van der Waals surface area (Å²) in [4.78, 5) is 6.06. The molecule has 0 saturated heterocycles. The van der Waals surface area contributed by atoms with E-state index in [0.717, 1.165) is 90.3 Å². The number of halogens is 6. The molecule has 6 nitrogen and oxygen atoms in total. The number of benzene rings is 12. The van der Waals surface area contributed by atoms with Crippen molar-refractivity contribution in [3.05, 3.63) is 296 Å². The zero-order valence-electron chi connectivity index (χ0n) is 48.5. The molecule has 0 aliphatic carbocycles. The van der Waals surface area contributed by atoms with Crippen LogP contribution in [0.4, 0.5) is 26.3 Å². The van der Waals surface area contributed by atoms with E-state index in [-0.39, 0.29) is 39.6 Å². The first-order valence-electron chi connectivity index (χ1n) is 30.0. The van der Waals surface area contributed by atoms with Gasteiger partial charge in [0.1, 0.15) is 23.0 Å². The Balaban J connectivity index is 1.12. The maximum Gasteiger partial charge on any atom is 0.416 e. The monoisotopic (exact) mass is 1200 g/mol. The van der Waals surface area contributed by atoms with Crippen molar-refractivity contribution >= 4 is 87.2 Å². The number of pyridine rings is 1. The van der Waals surface area contributed by atoms with Crippen LogP contribution in [0.15, 0.2) is 279 Å². The van der Waals surface area contributed by atoms with Crippen LogP contribution in [0.3, 0.4) is 0 Å². The van der Waals surface area contributed by atoms with Crippen LogP contribution >= 0.6 is 0 Å². The Kier molecular flexibility index (Phi) is 12.1. The molecule has 0 radical (unpaired) electrons. The van der Waals surface area contributed by atoms with Crippen molar-refractivity contribution in [2.24, 2.45) is 0 Å². The Morgan fingerprint density at radius 1 is 0.261 bits per heavy atom. The van der Waals surface area contributed by atoms with Gasteiger partial charge in [-0.1, -0.05) is 194 Å². The van der Waals surface area contributed by atoms with Crippen molar-refractivity contribution in [1.82, 2.24) is 23.3 Å². The molecule has 0 atom stereocenters. The van der Waals surface area contributed by atoms with Gasteiger partial charge in [-0.15, -0.1) is 0 Å². The van der Waals surface area contributed by atoms with E-state index in [4.69, 9.17) is 4.98 Å². The second-order valence-corrected chi connectivity index (χ2v) is 23.2. The van der Waals surface area contributed by atoms with Gasteiger partial charge in [0, 0.05) is 43.1 Å². The molecule has 0 saturated carbocycles. The molecule has 17 rings (SSSR count). The van der Waals surface area contributed by atoms with E-state index in [1.807, 2.05) is 215 Å². The Labute approximate surface area is 521 Å². The van der Waals surface area contributed by atoms with E-state index in [2.05, 4.69) is 30.3 Å². The smallest absolute Gasteiger partial charge is 0.305 e. The minimum Gasteiger partial charge on any atom is -0.305 e. The van der Waals surface area contributed by atoms with E-state index < -0.39 is 23.5 Å². The van der Waals surface area contributed by atoms with Gasteiger partial charge >= 0.3 is 12.4 Å². The molecule has 0 N–H and O–H groups in total. The highest BCUT2D eigenvalue weighted by Gasteiger charge is 2.36. The van der Waals surface area contributed by atoms with Crippen molar-refractivity contribution in [3.63, 3.8) is 0 Å². The summed E-state index contributed by atoms with van der Waals surface area (Å²) in [6.45, 7) is 0. The summed E-state index contributed by atoms with van der Waals surface area (Å²) in [7, 11) is 0. The van der Waals surface area contributed by atoms with Crippen molar-refractivity contribution in [2.45, 2.75) is 12.4 Å². The number of nitrogens with zero attached hydrogens (tertiary/aromatic N) is 6. The third kappa shape index (κ3) is 8.46. The van der Waals surface area contributed by atoms with Gasteiger partial charge in [-0.3, -0.25) is 9.13 Å². The second-order valence-electron chi connectivity index (χ2n) is 23.2. The van der Waals surface area contributed by atoms with Crippen LogP contribution in [-0.2, 0) is 12.4 Å². The lowest BCUT2D eigenvalue weighted by Crippen LogP contribution is -2.16. The van der Waals surface area contributed by atoms with E-state index in [9.17, 15) is 5.26 Å². The SMILES string of the molecule is N#Cc1c(-n2c3ccccc3c3ccc(C(F)(F)F)cc32)c(-n2c3ccc(-c4ccccc4)cc3c3cc(-c4ccccc4)ccc32)nc(-n2c3ccc(-c4ccccc4)cc3c3cc(-c4ccccc4)ccc32)c1-n1c2ccccc2c2ccc(C(F)(F)F)cc21. The first kappa shape index (κ1) is 54.2. The van der Waals surface area contributed by atoms with Crippen LogP contribution in [0.1, 0.15) is 16.7 Å². The summed E-state index contributed by atoms with van der Waals surface area (Å²) in [5.41, 5.74) is 9.61. The van der Waals surface area contributed by atoms with Crippen LogP contribution < -0.4 is 0 Å². The van der Waals surface area contributed by atoms with Crippen molar-refractivity contribution in [3.8, 4) is 73.6 Å². The van der Waals surface area contributed by atoms with E-state index in [1.165, 1.54) is 12.1 Å². The maximum absolute atomic E-state index is 15.4. The number of aromatic nitrogens is 5. The van der Waals surface area contributed by atoms with E-state index in [1.54, 1.807) is 21.3 Å². The lowest BCUT2D eigenvalue weighted by atomic mass is 10.0. The average molecular weight is 1210 g/mol. The number of fused-ring (bicyclic) bond motifs is 12. The minimum absolute atomic E-state index is 0.0845. The van der Waals surface area contributed by atoms with Crippen molar-refractivity contribution < 1.29 is 26.3 Å². The summed E-state index contributed by atoms with van der Waals surface area (Å²) in [6.07, 6.45) is -9.58. The summed E-state index contributed by atoms with van der Waals surface area (Å²) < 4.78 is 99.9. The number of nitriles is 1. The fraction of sp³-hybridized carbons (Fsp3) is 0.0250. The number of hydrogen-bond acceptors (Lipinski definition) is 2. The maximum atomic E-state index is 15.4. The van der Waals surface area contributed by atoms with Gasteiger partial charge in [-0.2, -0.15) is 31.6 Å². The van der Waals surface area contributed by atoms with E-state index >= 15 is 26.3 Å². The Morgan fingerprint density at radius 2 is 0.543 bits per heavy atom.